The van der Waals surface area contributed by atoms with E-state index in [0.717, 1.165) is 25.2 Å². The Morgan fingerprint density at radius 1 is 1.39 bits per heavy atom. The summed E-state index contributed by atoms with van der Waals surface area (Å²) in [5.41, 5.74) is 6.29. The van der Waals surface area contributed by atoms with Gasteiger partial charge in [0.1, 0.15) is 17.3 Å². The van der Waals surface area contributed by atoms with Crippen LogP contribution in [-0.2, 0) is 0 Å². The van der Waals surface area contributed by atoms with Crippen LogP contribution in [0.1, 0.15) is 19.4 Å². The number of thiocarbonyl (C=S) groups is 1. The zero-order valence-corrected chi connectivity index (χ0v) is 12.4. The smallest absolute Gasteiger partial charge is 0.137 e. The molecular formula is C13H19ClN2OS. The molecule has 0 aliphatic heterocycles. The average molecular weight is 287 g/mol. The van der Waals surface area contributed by atoms with E-state index in [4.69, 9.17) is 34.3 Å². The SMILES string of the molecule is CCN(CC)CCOc1ccc(C(N)=S)cc1Cl. The molecule has 0 unspecified atom stereocenters. The van der Waals surface area contributed by atoms with Gasteiger partial charge in [0.25, 0.3) is 0 Å². The minimum absolute atomic E-state index is 0.339. The zero-order chi connectivity index (χ0) is 13.5. The number of hydrogen-bond donors (Lipinski definition) is 1. The predicted molar refractivity (Wildman–Crippen MR) is 80.6 cm³/mol. The summed E-state index contributed by atoms with van der Waals surface area (Å²) in [4.78, 5) is 2.63. The number of nitrogens with two attached hydrogens (primary N) is 1. The summed E-state index contributed by atoms with van der Waals surface area (Å²) in [5, 5.41) is 0.542. The predicted octanol–water partition coefficient (Wildman–Crippen LogP) is 2.69. The third-order valence-electron chi connectivity index (χ3n) is 2.78. The zero-order valence-electron chi connectivity index (χ0n) is 10.8. The van der Waals surface area contributed by atoms with Crippen LogP contribution < -0.4 is 10.5 Å². The van der Waals surface area contributed by atoms with Gasteiger partial charge in [0.15, 0.2) is 0 Å². The topological polar surface area (TPSA) is 38.5 Å². The highest BCUT2D eigenvalue weighted by molar-refractivity contribution is 7.80. The van der Waals surface area contributed by atoms with Crippen molar-refractivity contribution in [1.82, 2.24) is 4.90 Å². The van der Waals surface area contributed by atoms with Crippen molar-refractivity contribution in [2.45, 2.75) is 13.8 Å². The van der Waals surface area contributed by atoms with Crippen LogP contribution in [0.25, 0.3) is 0 Å². The number of ether oxygens (including phenoxy) is 1. The Hall–Kier alpha value is -0.840. The van der Waals surface area contributed by atoms with E-state index < -0.39 is 0 Å². The molecule has 5 heteroatoms. The Morgan fingerprint density at radius 3 is 2.56 bits per heavy atom. The van der Waals surface area contributed by atoms with E-state index in [0.29, 0.717) is 22.4 Å². The normalized spacial score (nSPS) is 10.7. The molecule has 0 heterocycles. The summed E-state index contributed by atoms with van der Waals surface area (Å²) in [6.07, 6.45) is 0. The average Bonchev–Trinajstić information content (AvgIpc) is 2.36. The van der Waals surface area contributed by atoms with E-state index in [1.54, 1.807) is 12.1 Å². The number of hydrogen-bond acceptors (Lipinski definition) is 3. The first kappa shape index (κ1) is 15.2. The summed E-state index contributed by atoms with van der Waals surface area (Å²) >= 11 is 11.0. The molecule has 18 heavy (non-hydrogen) atoms. The Morgan fingerprint density at radius 2 is 2.06 bits per heavy atom. The maximum absolute atomic E-state index is 6.10. The molecule has 0 atom stereocenters. The minimum atomic E-state index is 0.339. The van der Waals surface area contributed by atoms with Crippen LogP contribution in [0.4, 0.5) is 0 Å². The first-order valence-electron chi connectivity index (χ1n) is 6.03. The fraction of sp³-hybridized carbons (Fsp3) is 0.462. The minimum Gasteiger partial charge on any atom is -0.491 e. The second-order valence-corrected chi connectivity index (χ2v) is 4.73. The van der Waals surface area contributed by atoms with Gasteiger partial charge >= 0.3 is 0 Å². The van der Waals surface area contributed by atoms with Gasteiger partial charge in [0.05, 0.1) is 5.02 Å². The van der Waals surface area contributed by atoms with Gasteiger partial charge in [-0.2, -0.15) is 0 Å². The highest BCUT2D eigenvalue weighted by Crippen LogP contribution is 2.25. The van der Waals surface area contributed by atoms with E-state index in [1.165, 1.54) is 0 Å². The Kier molecular flexibility index (Phi) is 6.39. The summed E-state index contributed by atoms with van der Waals surface area (Å²) in [6.45, 7) is 7.82. The second-order valence-electron chi connectivity index (χ2n) is 3.88. The summed E-state index contributed by atoms with van der Waals surface area (Å²) < 4.78 is 5.65. The van der Waals surface area contributed by atoms with Gasteiger partial charge < -0.3 is 15.4 Å². The lowest BCUT2D eigenvalue weighted by atomic mass is 10.2. The first-order chi connectivity index (χ1) is 8.58. The largest absolute Gasteiger partial charge is 0.491 e. The summed E-state index contributed by atoms with van der Waals surface area (Å²) in [6, 6.07) is 5.36. The second kappa shape index (κ2) is 7.56. The van der Waals surface area contributed by atoms with Crippen molar-refractivity contribution in [3.63, 3.8) is 0 Å². The molecule has 1 rings (SSSR count). The highest BCUT2D eigenvalue weighted by Gasteiger charge is 2.05. The fourth-order valence-corrected chi connectivity index (χ4v) is 1.96. The lowest BCUT2D eigenvalue weighted by Gasteiger charge is -2.18. The van der Waals surface area contributed by atoms with Gasteiger partial charge in [0.2, 0.25) is 0 Å². The molecule has 0 fully saturated rings. The number of rotatable bonds is 7. The third-order valence-corrected chi connectivity index (χ3v) is 3.31. The molecular weight excluding hydrogens is 268 g/mol. The molecule has 0 amide bonds. The van der Waals surface area contributed by atoms with E-state index >= 15 is 0 Å². The van der Waals surface area contributed by atoms with Crippen LogP contribution in [0.5, 0.6) is 5.75 Å². The Labute approximate surface area is 119 Å². The van der Waals surface area contributed by atoms with Crippen LogP contribution in [0.2, 0.25) is 5.02 Å². The molecule has 2 N–H and O–H groups in total. The molecule has 0 aliphatic carbocycles. The quantitative estimate of drug-likeness (QED) is 0.782. The van der Waals surface area contributed by atoms with E-state index in [1.807, 2.05) is 6.07 Å². The molecule has 0 aromatic heterocycles. The lowest BCUT2D eigenvalue weighted by molar-refractivity contribution is 0.223. The molecule has 0 saturated carbocycles. The van der Waals surface area contributed by atoms with Crippen molar-refractivity contribution >= 4 is 28.8 Å². The van der Waals surface area contributed by atoms with E-state index in [9.17, 15) is 0 Å². The highest BCUT2D eigenvalue weighted by atomic mass is 35.5. The van der Waals surface area contributed by atoms with Gasteiger partial charge in [-0.15, -0.1) is 0 Å². The maximum atomic E-state index is 6.10. The van der Waals surface area contributed by atoms with Crippen molar-refractivity contribution in [3.8, 4) is 5.75 Å². The Balaban J connectivity index is 2.55. The van der Waals surface area contributed by atoms with Gasteiger partial charge in [-0.3, -0.25) is 0 Å². The van der Waals surface area contributed by atoms with Crippen molar-refractivity contribution in [1.29, 1.82) is 0 Å². The summed E-state index contributed by atoms with van der Waals surface area (Å²) in [7, 11) is 0. The fourth-order valence-electron chi connectivity index (χ4n) is 1.60. The van der Waals surface area contributed by atoms with Crippen LogP contribution >= 0.6 is 23.8 Å². The molecule has 0 bridgehead atoms. The molecule has 0 aliphatic rings. The van der Waals surface area contributed by atoms with Gasteiger partial charge in [-0.1, -0.05) is 37.7 Å². The van der Waals surface area contributed by atoms with Gasteiger partial charge in [-0.25, -0.2) is 0 Å². The van der Waals surface area contributed by atoms with Gasteiger partial charge in [0, 0.05) is 12.1 Å². The molecule has 1 aromatic rings. The van der Waals surface area contributed by atoms with Gasteiger partial charge in [-0.05, 0) is 31.3 Å². The van der Waals surface area contributed by atoms with Crippen LogP contribution in [0, 0.1) is 0 Å². The Bertz CT molecular complexity index is 408. The number of likely N-dealkylation sites (N-methyl/N-ethyl adjacent to an activating group) is 1. The maximum Gasteiger partial charge on any atom is 0.137 e. The molecule has 0 spiro atoms. The number of halogens is 1. The molecule has 1 aromatic carbocycles. The number of benzene rings is 1. The summed E-state index contributed by atoms with van der Waals surface area (Å²) in [5.74, 6) is 0.670. The van der Waals surface area contributed by atoms with Crippen molar-refractivity contribution in [2.24, 2.45) is 5.73 Å². The van der Waals surface area contributed by atoms with Crippen molar-refractivity contribution in [3.05, 3.63) is 28.8 Å². The van der Waals surface area contributed by atoms with E-state index in [2.05, 4.69) is 18.7 Å². The third kappa shape index (κ3) is 4.44. The van der Waals surface area contributed by atoms with Crippen LogP contribution in [0.3, 0.4) is 0 Å². The lowest BCUT2D eigenvalue weighted by Crippen LogP contribution is -2.27. The number of nitrogens with zero attached hydrogens (tertiary/aromatic N) is 1. The molecule has 3 nitrogen and oxygen atoms in total. The molecule has 100 valence electrons. The first-order valence-corrected chi connectivity index (χ1v) is 6.81. The van der Waals surface area contributed by atoms with Crippen LogP contribution in [-0.4, -0.2) is 36.1 Å². The van der Waals surface area contributed by atoms with Crippen molar-refractivity contribution < 1.29 is 4.74 Å². The van der Waals surface area contributed by atoms with Crippen LogP contribution in [0.15, 0.2) is 18.2 Å². The standard InChI is InChI=1S/C13H19ClN2OS/c1-3-16(4-2)7-8-17-12-6-5-10(13(15)18)9-11(12)14/h5-6,9H,3-4,7-8H2,1-2H3,(H2,15,18). The molecule has 0 saturated heterocycles. The molecule has 0 radical (unpaired) electrons. The monoisotopic (exact) mass is 286 g/mol. The van der Waals surface area contributed by atoms with Crippen molar-refractivity contribution in [2.75, 3.05) is 26.2 Å². The van der Waals surface area contributed by atoms with E-state index in [-0.39, 0.29) is 0 Å².